The van der Waals surface area contributed by atoms with Crippen LogP contribution in [0.1, 0.15) is 54.7 Å². The van der Waals surface area contributed by atoms with Crippen molar-refractivity contribution >= 4 is 17.6 Å². The minimum atomic E-state index is 0.0800. The van der Waals surface area contributed by atoms with Gasteiger partial charge >= 0.3 is 0 Å². The maximum absolute atomic E-state index is 12.8. The molecular weight excluding hydrogens is 380 g/mol. The molecule has 158 valence electrons. The van der Waals surface area contributed by atoms with E-state index >= 15 is 0 Å². The number of methoxy groups -OCH3 is 1. The van der Waals surface area contributed by atoms with Gasteiger partial charge in [-0.15, -0.1) is 0 Å². The zero-order valence-corrected chi connectivity index (χ0v) is 17.9. The average Bonchev–Trinajstić information content (AvgIpc) is 2.76. The molecule has 7 heteroatoms. The Bertz CT molecular complexity index is 958. The number of carbonyl (C=O) groups is 2. The fourth-order valence-corrected chi connectivity index (χ4v) is 4.34. The van der Waals surface area contributed by atoms with Gasteiger partial charge < -0.3 is 9.64 Å². The largest absolute Gasteiger partial charge is 0.497 e. The number of rotatable bonds is 4. The Morgan fingerprint density at radius 2 is 1.97 bits per heavy atom. The van der Waals surface area contributed by atoms with Crippen LogP contribution >= 0.6 is 0 Å². The lowest BCUT2D eigenvalue weighted by Gasteiger charge is -2.33. The Balaban J connectivity index is 1.65. The molecule has 0 saturated carbocycles. The number of carbonyl (C=O) groups excluding carboxylic acids is 2. The van der Waals surface area contributed by atoms with Gasteiger partial charge in [0.2, 0.25) is 11.8 Å². The summed E-state index contributed by atoms with van der Waals surface area (Å²) in [5.41, 5.74) is 3.00. The highest BCUT2D eigenvalue weighted by Gasteiger charge is 2.31. The minimum absolute atomic E-state index is 0.0800. The summed E-state index contributed by atoms with van der Waals surface area (Å²) in [6, 6.07) is 7.75. The summed E-state index contributed by atoms with van der Waals surface area (Å²) < 4.78 is 5.23. The van der Waals surface area contributed by atoms with Crippen LogP contribution in [0.3, 0.4) is 0 Å². The molecule has 1 aromatic carbocycles. The first-order valence-electron chi connectivity index (χ1n) is 10.5. The lowest BCUT2D eigenvalue weighted by Crippen LogP contribution is -2.39. The number of hydrogen-bond donors (Lipinski definition) is 0. The Labute approximate surface area is 177 Å². The summed E-state index contributed by atoms with van der Waals surface area (Å²) in [6.07, 6.45) is 3.03. The number of aromatic nitrogens is 2. The van der Waals surface area contributed by atoms with Crippen LogP contribution in [-0.4, -0.2) is 46.9 Å². The van der Waals surface area contributed by atoms with Crippen LogP contribution < -0.4 is 9.64 Å². The Morgan fingerprint density at radius 3 is 2.67 bits per heavy atom. The highest BCUT2D eigenvalue weighted by atomic mass is 16.5. The maximum atomic E-state index is 12.8. The molecule has 1 saturated heterocycles. The topological polar surface area (TPSA) is 75.6 Å². The fourth-order valence-electron chi connectivity index (χ4n) is 4.34. The number of benzene rings is 1. The molecule has 2 aromatic rings. The molecule has 4 rings (SSSR count). The molecule has 0 radical (unpaired) electrons. The summed E-state index contributed by atoms with van der Waals surface area (Å²) in [5, 5.41) is 0. The number of amides is 2. The first-order chi connectivity index (χ1) is 14.5. The SMILES string of the molecule is COc1ccc(CN2C(=O)CCc3c(C)nc(C4CCCN(C(C)=O)C4)nc32)cc1. The van der Waals surface area contributed by atoms with Gasteiger partial charge in [0.25, 0.3) is 0 Å². The molecule has 0 aliphatic carbocycles. The summed E-state index contributed by atoms with van der Waals surface area (Å²) in [7, 11) is 1.64. The molecule has 3 heterocycles. The van der Waals surface area contributed by atoms with E-state index in [1.54, 1.807) is 18.9 Å². The van der Waals surface area contributed by atoms with Gasteiger partial charge in [-0.05, 0) is 43.9 Å². The third-order valence-electron chi connectivity index (χ3n) is 6.09. The van der Waals surface area contributed by atoms with E-state index in [0.717, 1.165) is 53.6 Å². The Morgan fingerprint density at radius 1 is 1.20 bits per heavy atom. The number of fused-ring (bicyclic) bond motifs is 1. The number of aryl methyl sites for hydroxylation is 1. The van der Waals surface area contributed by atoms with Crippen molar-refractivity contribution in [2.45, 2.75) is 52.0 Å². The number of hydrogen-bond acceptors (Lipinski definition) is 5. The molecule has 2 amide bonds. The normalized spacial score (nSPS) is 18.9. The van der Waals surface area contributed by atoms with Crippen LogP contribution in [0.15, 0.2) is 24.3 Å². The molecule has 1 aromatic heterocycles. The van der Waals surface area contributed by atoms with Crippen molar-refractivity contribution in [1.29, 1.82) is 0 Å². The van der Waals surface area contributed by atoms with E-state index in [0.29, 0.717) is 25.9 Å². The molecule has 0 spiro atoms. The lowest BCUT2D eigenvalue weighted by atomic mass is 9.96. The second-order valence-electron chi connectivity index (χ2n) is 8.10. The molecular formula is C23H28N4O3. The molecule has 2 aliphatic rings. The van der Waals surface area contributed by atoms with Gasteiger partial charge in [-0.25, -0.2) is 9.97 Å². The zero-order chi connectivity index (χ0) is 21.3. The summed E-state index contributed by atoms with van der Waals surface area (Å²) >= 11 is 0. The monoisotopic (exact) mass is 408 g/mol. The van der Waals surface area contributed by atoms with Gasteiger partial charge in [0.1, 0.15) is 17.4 Å². The van der Waals surface area contributed by atoms with Crippen molar-refractivity contribution in [3.05, 3.63) is 46.9 Å². The van der Waals surface area contributed by atoms with Crippen molar-refractivity contribution in [2.75, 3.05) is 25.1 Å². The Kier molecular flexibility index (Phi) is 5.70. The zero-order valence-electron chi connectivity index (χ0n) is 17.9. The van der Waals surface area contributed by atoms with Crippen molar-refractivity contribution in [1.82, 2.24) is 14.9 Å². The van der Waals surface area contributed by atoms with Gasteiger partial charge in [0.15, 0.2) is 0 Å². The van der Waals surface area contributed by atoms with Crippen molar-refractivity contribution in [3.63, 3.8) is 0 Å². The maximum Gasteiger partial charge on any atom is 0.228 e. The van der Waals surface area contributed by atoms with E-state index in [9.17, 15) is 9.59 Å². The minimum Gasteiger partial charge on any atom is -0.497 e. The van der Waals surface area contributed by atoms with Crippen LogP contribution in [0.4, 0.5) is 5.82 Å². The smallest absolute Gasteiger partial charge is 0.228 e. The average molecular weight is 409 g/mol. The summed E-state index contributed by atoms with van der Waals surface area (Å²) in [4.78, 5) is 38.0. The molecule has 1 atom stereocenters. The van der Waals surface area contributed by atoms with Crippen LogP contribution in [0.25, 0.3) is 0 Å². The number of ether oxygens (including phenoxy) is 1. The van der Waals surface area contributed by atoms with Crippen molar-refractivity contribution in [2.24, 2.45) is 0 Å². The molecule has 7 nitrogen and oxygen atoms in total. The second kappa shape index (κ2) is 8.42. The first kappa shape index (κ1) is 20.3. The number of nitrogens with zero attached hydrogens (tertiary/aromatic N) is 4. The molecule has 1 fully saturated rings. The molecule has 0 bridgehead atoms. The standard InChI is InChI=1S/C23H28N4O3/c1-15-20-10-11-21(29)27(13-17-6-8-19(30-3)9-7-17)23(20)25-22(24-15)18-5-4-12-26(14-18)16(2)28/h6-9,18H,4-5,10-14H2,1-3H3. The quantitative estimate of drug-likeness (QED) is 0.777. The number of likely N-dealkylation sites (tertiary alicyclic amines) is 1. The van der Waals surface area contributed by atoms with E-state index in [1.165, 1.54) is 0 Å². The van der Waals surface area contributed by atoms with Gasteiger partial charge in [0.05, 0.1) is 13.7 Å². The van der Waals surface area contributed by atoms with Gasteiger partial charge in [-0.1, -0.05) is 12.1 Å². The summed E-state index contributed by atoms with van der Waals surface area (Å²) in [6.45, 7) is 5.50. The lowest BCUT2D eigenvalue weighted by molar-refractivity contribution is -0.130. The van der Waals surface area contributed by atoms with Gasteiger partial charge in [-0.2, -0.15) is 0 Å². The predicted molar refractivity (Wildman–Crippen MR) is 114 cm³/mol. The van der Waals surface area contributed by atoms with Crippen molar-refractivity contribution < 1.29 is 14.3 Å². The third-order valence-corrected chi connectivity index (χ3v) is 6.09. The molecule has 1 unspecified atom stereocenters. The van der Waals surface area contributed by atoms with E-state index in [1.807, 2.05) is 36.1 Å². The fraction of sp³-hybridized carbons (Fsp3) is 0.478. The van der Waals surface area contributed by atoms with Crippen LogP contribution in [0, 0.1) is 6.92 Å². The van der Waals surface area contributed by atoms with Crippen LogP contribution in [-0.2, 0) is 22.6 Å². The van der Waals surface area contributed by atoms with E-state index < -0.39 is 0 Å². The summed E-state index contributed by atoms with van der Waals surface area (Å²) in [5.74, 6) is 2.53. The van der Waals surface area contributed by atoms with E-state index in [2.05, 4.69) is 0 Å². The van der Waals surface area contributed by atoms with Crippen molar-refractivity contribution in [3.8, 4) is 5.75 Å². The predicted octanol–water partition coefficient (Wildman–Crippen LogP) is 3.00. The molecule has 0 N–H and O–H groups in total. The molecule has 2 aliphatic heterocycles. The third kappa shape index (κ3) is 4.01. The highest BCUT2D eigenvalue weighted by molar-refractivity contribution is 5.95. The van der Waals surface area contributed by atoms with E-state index in [4.69, 9.17) is 14.7 Å². The van der Waals surface area contributed by atoms with E-state index in [-0.39, 0.29) is 17.7 Å². The Hall–Kier alpha value is -2.96. The first-order valence-corrected chi connectivity index (χ1v) is 10.5. The van der Waals surface area contributed by atoms with Crippen LogP contribution in [0.5, 0.6) is 5.75 Å². The van der Waals surface area contributed by atoms with Gasteiger partial charge in [-0.3, -0.25) is 14.5 Å². The molecule has 30 heavy (non-hydrogen) atoms. The van der Waals surface area contributed by atoms with Crippen LogP contribution in [0.2, 0.25) is 0 Å². The number of piperidine rings is 1. The van der Waals surface area contributed by atoms with Gasteiger partial charge in [0, 0.05) is 43.6 Å². The number of anilines is 1. The highest BCUT2D eigenvalue weighted by Crippen LogP contribution is 2.33. The second-order valence-corrected chi connectivity index (χ2v) is 8.10.